The number of carbonyl (C=O) groups excluding carboxylic acids is 2. The first-order valence-electron chi connectivity index (χ1n) is 7.98. The summed E-state index contributed by atoms with van der Waals surface area (Å²) in [5.74, 6) is -0.424. The minimum absolute atomic E-state index is 0.0350. The summed E-state index contributed by atoms with van der Waals surface area (Å²) >= 11 is 3.55. The molecule has 3 aliphatic rings. The second kappa shape index (κ2) is 4.65. The third-order valence-electron chi connectivity index (χ3n) is 5.57. The van der Waals surface area contributed by atoms with Crippen LogP contribution in [0.1, 0.15) is 12.8 Å². The molecule has 2 aromatic rings. The zero-order chi connectivity index (χ0) is 15.7. The molecule has 5 rings (SSSR count). The van der Waals surface area contributed by atoms with E-state index in [9.17, 15) is 9.59 Å². The molecule has 5 heteroatoms. The third kappa shape index (κ3) is 1.69. The van der Waals surface area contributed by atoms with Crippen molar-refractivity contribution in [2.45, 2.75) is 24.9 Å². The molecule has 3 heterocycles. The number of imide groups is 1. The summed E-state index contributed by atoms with van der Waals surface area (Å²) < 4.78 is 0.970. The van der Waals surface area contributed by atoms with E-state index in [1.54, 1.807) is 0 Å². The number of carbonyl (C=O) groups is 2. The normalized spacial score (nSPS) is 32.1. The van der Waals surface area contributed by atoms with Gasteiger partial charge in [-0.25, -0.2) is 4.90 Å². The van der Waals surface area contributed by atoms with E-state index in [0.717, 1.165) is 28.1 Å². The number of nitrogens with zero attached hydrogens (tertiary/aromatic N) is 1. The average Bonchev–Trinajstić information content (AvgIpc) is 3.24. The van der Waals surface area contributed by atoms with Crippen molar-refractivity contribution in [3.63, 3.8) is 0 Å². The molecule has 3 aliphatic heterocycles. The molecule has 3 fully saturated rings. The van der Waals surface area contributed by atoms with Gasteiger partial charge in [0.1, 0.15) is 0 Å². The highest BCUT2D eigenvalue weighted by Gasteiger charge is 2.61. The smallest absolute Gasteiger partial charge is 0.239 e. The van der Waals surface area contributed by atoms with Gasteiger partial charge in [-0.05, 0) is 30.4 Å². The number of nitrogens with one attached hydrogen (secondary N) is 1. The molecule has 2 unspecified atom stereocenters. The number of halogens is 1. The largest absolute Gasteiger partial charge is 0.310 e. The summed E-state index contributed by atoms with van der Waals surface area (Å²) in [4.78, 5) is 27.4. The summed E-state index contributed by atoms with van der Waals surface area (Å²) in [7, 11) is 0. The number of anilines is 1. The Labute approximate surface area is 142 Å². The highest BCUT2D eigenvalue weighted by atomic mass is 79.9. The number of amides is 2. The first kappa shape index (κ1) is 13.7. The van der Waals surface area contributed by atoms with Gasteiger partial charge in [-0.1, -0.05) is 40.2 Å². The zero-order valence-electron chi connectivity index (χ0n) is 12.3. The van der Waals surface area contributed by atoms with Gasteiger partial charge < -0.3 is 5.32 Å². The highest BCUT2D eigenvalue weighted by Crippen LogP contribution is 2.47. The number of rotatable bonds is 1. The van der Waals surface area contributed by atoms with Crippen molar-refractivity contribution in [2.75, 3.05) is 4.90 Å². The average molecular weight is 371 g/mol. The Kier molecular flexibility index (Phi) is 2.77. The van der Waals surface area contributed by atoms with Crippen LogP contribution in [0.25, 0.3) is 10.8 Å². The SMILES string of the molecule is O=C1[C@@H]2C3CCC(N3)[C@@H]2C(=O)N1c1ccc(Br)c2ccccc12. The molecule has 4 atom stereocenters. The van der Waals surface area contributed by atoms with E-state index in [4.69, 9.17) is 0 Å². The van der Waals surface area contributed by atoms with Crippen LogP contribution < -0.4 is 10.2 Å². The van der Waals surface area contributed by atoms with E-state index in [-0.39, 0.29) is 35.7 Å². The first-order chi connectivity index (χ1) is 11.2. The molecule has 2 bridgehead atoms. The summed E-state index contributed by atoms with van der Waals surface area (Å²) in [5.41, 5.74) is 0.715. The fourth-order valence-electron chi connectivity index (χ4n) is 4.60. The van der Waals surface area contributed by atoms with Gasteiger partial charge in [-0.2, -0.15) is 0 Å². The van der Waals surface area contributed by atoms with Gasteiger partial charge in [0.25, 0.3) is 0 Å². The summed E-state index contributed by atoms with van der Waals surface area (Å²) in [6.45, 7) is 0. The molecule has 2 amide bonds. The van der Waals surface area contributed by atoms with Crippen molar-refractivity contribution in [3.05, 3.63) is 40.9 Å². The molecule has 1 N–H and O–H groups in total. The molecule has 2 aromatic carbocycles. The molecule has 0 aromatic heterocycles. The van der Waals surface area contributed by atoms with Crippen molar-refractivity contribution in [1.29, 1.82) is 0 Å². The van der Waals surface area contributed by atoms with E-state index >= 15 is 0 Å². The standard InChI is InChI=1S/C18H15BrN2O2/c19-11-5-8-14(10-4-2-1-3-9(10)11)21-17(22)15-12-6-7-13(20-12)16(15)18(21)23/h1-5,8,12-13,15-16,20H,6-7H2/t12?,13?,15-,16+. The maximum absolute atomic E-state index is 13.0. The van der Waals surface area contributed by atoms with Crippen LogP contribution in [0.2, 0.25) is 0 Å². The lowest BCUT2D eigenvalue weighted by atomic mass is 9.81. The van der Waals surface area contributed by atoms with Crippen LogP contribution in [0.3, 0.4) is 0 Å². The van der Waals surface area contributed by atoms with Crippen molar-refractivity contribution < 1.29 is 9.59 Å². The lowest BCUT2D eigenvalue weighted by Gasteiger charge is -2.20. The summed E-state index contributed by atoms with van der Waals surface area (Å²) in [6, 6.07) is 12.0. The van der Waals surface area contributed by atoms with E-state index in [0.29, 0.717) is 5.69 Å². The van der Waals surface area contributed by atoms with Crippen molar-refractivity contribution in [1.82, 2.24) is 5.32 Å². The summed E-state index contributed by atoms with van der Waals surface area (Å²) in [5, 5.41) is 5.38. The molecule has 116 valence electrons. The minimum atomic E-state index is -0.177. The fraction of sp³-hybridized carbons (Fsp3) is 0.333. The van der Waals surface area contributed by atoms with E-state index in [2.05, 4.69) is 21.2 Å². The molecule has 3 saturated heterocycles. The van der Waals surface area contributed by atoms with E-state index in [1.165, 1.54) is 4.90 Å². The second-order valence-electron chi connectivity index (χ2n) is 6.63. The highest BCUT2D eigenvalue weighted by molar-refractivity contribution is 9.10. The quantitative estimate of drug-likeness (QED) is 0.785. The Balaban J connectivity index is 1.67. The Morgan fingerprint density at radius 2 is 1.52 bits per heavy atom. The molecule has 0 radical (unpaired) electrons. The van der Waals surface area contributed by atoms with Crippen molar-refractivity contribution in [2.24, 2.45) is 11.8 Å². The topological polar surface area (TPSA) is 49.4 Å². The van der Waals surface area contributed by atoms with Crippen LogP contribution in [0.5, 0.6) is 0 Å². The van der Waals surface area contributed by atoms with E-state index < -0.39 is 0 Å². The van der Waals surface area contributed by atoms with Crippen molar-refractivity contribution in [3.8, 4) is 0 Å². The van der Waals surface area contributed by atoms with Crippen LogP contribution in [0.15, 0.2) is 40.9 Å². The van der Waals surface area contributed by atoms with Gasteiger partial charge in [0.15, 0.2) is 0 Å². The predicted molar refractivity (Wildman–Crippen MR) is 91.1 cm³/mol. The minimum Gasteiger partial charge on any atom is -0.310 e. The predicted octanol–water partition coefficient (Wildman–Crippen LogP) is 2.84. The molecule has 0 aliphatic carbocycles. The lowest BCUT2D eigenvalue weighted by Crippen LogP contribution is -2.38. The maximum Gasteiger partial charge on any atom is 0.239 e. The molecular weight excluding hydrogens is 356 g/mol. The Hall–Kier alpha value is -1.72. The number of hydrogen-bond donors (Lipinski definition) is 1. The van der Waals surface area contributed by atoms with Gasteiger partial charge in [0.2, 0.25) is 11.8 Å². The van der Waals surface area contributed by atoms with Crippen LogP contribution >= 0.6 is 15.9 Å². The van der Waals surface area contributed by atoms with Crippen molar-refractivity contribution >= 4 is 44.2 Å². The molecule has 0 spiro atoms. The first-order valence-corrected chi connectivity index (χ1v) is 8.77. The van der Waals surface area contributed by atoms with Crippen LogP contribution in [0, 0.1) is 11.8 Å². The second-order valence-corrected chi connectivity index (χ2v) is 7.49. The molecule has 4 nitrogen and oxygen atoms in total. The monoisotopic (exact) mass is 370 g/mol. The van der Waals surface area contributed by atoms with Crippen LogP contribution in [-0.4, -0.2) is 23.9 Å². The fourth-order valence-corrected chi connectivity index (χ4v) is 5.08. The van der Waals surface area contributed by atoms with Crippen LogP contribution in [0.4, 0.5) is 5.69 Å². The Bertz CT molecular complexity index is 837. The van der Waals surface area contributed by atoms with Crippen LogP contribution in [-0.2, 0) is 9.59 Å². The third-order valence-corrected chi connectivity index (χ3v) is 6.26. The number of benzene rings is 2. The zero-order valence-corrected chi connectivity index (χ0v) is 13.9. The number of hydrogen-bond acceptors (Lipinski definition) is 3. The van der Waals surface area contributed by atoms with Gasteiger partial charge in [0, 0.05) is 21.9 Å². The van der Waals surface area contributed by atoms with Gasteiger partial charge in [-0.3, -0.25) is 9.59 Å². The van der Waals surface area contributed by atoms with Gasteiger partial charge in [-0.15, -0.1) is 0 Å². The molecular formula is C18H15BrN2O2. The molecule has 23 heavy (non-hydrogen) atoms. The maximum atomic E-state index is 13.0. The Morgan fingerprint density at radius 3 is 2.17 bits per heavy atom. The number of fused-ring (bicyclic) bond motifs is 6. The molecule has 0 saturated carbocycles. The lowest BCUT2D eigenvalue weighted by molar-refractivity contribution is -0.122. The van der Waals surface area contributed by atoms with E-state index in [1.807, 2.05) is 36.4 Å². The van der Waals surface area contributed by atoms with Gasteiger partial charge >= 0.3 is 0 Å². The van der Waals surface area contributed by atoms with Gasteiger partial charge in [0.05, 0.1) is 17.5 Å². The summed E-state index contributed by atoms with van der Waals surface area (Å²) in [6.07, 6.45) is 2.00. The Morgan fingerprint density at radius 1 is 0.913 bits per heavy atom.